The molecule has 2 heterocycles. The van der Waals surface area contributed by atoms with Gasteiger partial charge in [0.05, 0.1) is 7.11 Å². The number of thiocarbonyl (C=S) groups is 1. The van der Waals surface area contributed by atoms with Crippen LogP contribution in [0.1, 0.15) is 34.7 Å². The van der Waals surface area contributed by atoms with Crippen LogP contribution in [0.3, 0.4) is 0 Å². The Morgan fingerprint density at radius 3 is 2.35 bits per heavy atom. The lowest BCUT2D eigenvalue weighted by molar-refractivity contribution is 0.0594. The van der Waals surface area contributed by atoms with Crippen LogP contribution in [0.25, 0.3) is 0 Å². The van der Waals surface area contributed by atoms with Gasteiger partial charge < -0.3 is 19.4 Å². The first-order valence-electron chi connectivity index (χ1n) is 8.49. The first-order chi connectivity index (χ1) is 12.3. The van der Waals surface area contributed by atoms with Gasteiger partial charge in [0, 0.05) is 32.2 Å². The molecule has 10 heteroatoms. The van der Waals surface area contributed by atoms with Gasteiger partial charge in [0.15, 0.2) is 5.11 Å². The summed E-state index contributed by atoms with van der Waals surface area (Å²) in [5.41, 5.74) is -0.0293. The molecule has 1 N–H and O–H groups in total. The highest BCUT2D eigenvalue weighted by Crippen LogP contribution is 2.30. The first-order valence-corrected chi connectivity index (χ1v) is 10.3. The van der Waals surface area contributed by atoms with E-state index in [1.165, 1.54) is 18.3 Å². The number of hydrogen-bond acceptors (Lipinski definition) is 6. The zero-order chi connectivity index (χ0) is 19.1. The Bertz CT molecular complexity index is 821. The highest BCUT2D eigenvalue weighted by molar-refractivity contribution is 7.89. The number of piperazine rings is 1. The van der Waals surface area contributed by atoms with E-state index in [0.717, 1.165) is 12.8 Å². The number of sulfonamides is 1. The van der Waals surface area contributed by atoms with Gasteiger partial charge >= 0.3 is 5.97 Å². The Kier molecular flexibility index (Phi) is 5.27. The van der Waals surface area contributed by atoms with E-state index in [-0.39, 0.29) is 22.0 Å². The number of carbonyl (C=O) groups is 1. The van der Waals surface area contributed by atoms with E-state index < -0.39 is 16.0 Å². The van der Waals surface area contributed by atoms with Crippen LogP contribution in [0.15, 0.2) is 9.31 Å². The molecule has 2 fully saturated rings. The average Bonchev–Trinajstić information content (AvgIpc) is 3.36. The third-order valence-electron chi connectivity index (χ3n) is 4.62. The topological polar surface area (TPSA) is 92.1 Å². The molecule has 0 amide bonds. The summed E-state index contributed by atoms with van der Waals surface area (Å²) in [7, 11) is -2.65. The molecular weight excluding hydrogens is 378 g/mol. The predicted octanol–water partition coefficient (Wildman–Crippen LogP) is 1.03. The minimum atomic E-state index is -3.87. The van der Waals surface area contributed by atoms with Crippen molar-refractivity contribution in [2.24, 2.45) is 0 Å². The predicted molar refractivity (Wildman–Crippen MR) is 98.6 cm³/mol. The summed E-state index contributed by atoms with van der Waals surface area (Å²) in [6.07, 6.45) is 2.26. The van der Waals surface area contributed by atoms with Crippen LogP contribution in [0.4, 0.5) is 0 Å². The van der Waals surface area contributed by atoms with E-state index >= 15 is 0 Å². The van der Waals surface area contributed by atoms with Gasteiger partial charge in [0.25, 0.3) is 0 Å². The largest absolute Gasteiger partial charge is 0.465 e. The van der Waals surface area contributed by atoms with Crippen molar-refractivity contribution < 1.29 is 22.4 Å². The molecule has 8 nitrogen and oxygen atoms in total. The lowest BCUT2D eigenvalue weighted by atomic mass is 10.2. The standard InChI is InChI=1S/C16H23N3O5S2/c1-10-13(15(20)23-3)14(11(2)24-10)26(21,22)19-8-6-18(7-9-19)16(25)17-12-4-5-12/h12H,4-9H2,1-3H3,(H,17,25). The Hall–Kier alpha value is -1.65. The van der Waals surface area contributed by atoms with Crippen molar-refractivity contribution in [3.05, 3.63) is 17.1 Å². The number of esters is 1. The fourth-order valence-electron chi connectivity index (χ4n) is 3.07. The van der Waals surface area contributed by atoms with Gasteiger partial charge in [-0.05, 0) is 38.9 Å². The zero-order valence-corrected chi connectivity index (χ0v) is 16.7. The minimum absolute atomic E-state index is 0.0293. The van der Waals surface area contributed by atoms with Crippen molar-refractivity contribution in [3.8, 4) is 0 Å². The Balaban J connectivity index is 1.77. The number of carbonyl (C=O) groups excluding carboxylic acids is 1. The maximum absolute atomic E-state index is 13.1. The Morgan fingerprint density at radius 1 is 1.19 bits per heavy atom. The highest BCUT2D eigenvalue weighted by atomic mass is 32.2. The second-order valence-corrected chi connectivity index (χ2v) is 8.79. The normalized spacial score (nSPS) is 18.7. The molecule has 26 heavy (non-hydrogen) atoms. The summed E-state index contributed by atoms with van der Waals surface area (Å²) >= 11 is 5.38. The van der Waals surface area contributed by atoms with Gasteiger partial charge in [-0.15, -0.1) is 0 Å². The quantitative estimate of drug-likeness (QED) is 0.591. The Labute approximate surface area is 158 Å². The van der Waals surface area contributed by atoms with Crippen molar-refractivity contribution in [2.75, 3.05) is 33.3 Å². The molecule has 144 valence electrons. The molecule has 0 unspecified atom stereocenters. The molecule has 0 bridgehead atoms. The second-order valence-electron chi connectivity index (χ2n) is 6.53. The molecule has 1 aliphatic heterocycles. The van der Waals surface area contributed by atoms with Gasteiger partial charge in [-0.2, -0.15) is 4.31 Å². The number of nitrogens with one attached hydrogen (secondary N) is 1. The number of hydrogen-bond donors (Lipinski definition) is 1. The summed E-state index contributed by atoms with van der Waals surface area (Å²) in [4.78, 5) is 13.9. The average molecular weight is 402 g/mol. The van der Waals surface area contributed by atoms with Crippen LogP contribution in [0.2, 0.25) is 0 Å². The molecule has 0 radical (unpaired) electrons. The van der Waals surface area contributed by atoms with Gasteiger partial charge in [0.2, 0.25) is 10.0 Å². The SMILES string of the molecule is COC(=O)c1c(C)oc(C)c1S(=O)(=O)N1CCN(C(=S)NC2CC2)CC1. The molecule has 2 aliphatic rings. The van der Waals surface area contributed by atoms with Crippen molar-refractivity contribution in [1.82, 2.24) is 14.5 Å². The molecule has 1 aromatic rings. The van der Waals surface area contributed by atoms with Gasteiger partial charge in [-0.3, -0.25) is 0 Å². The lowest BCUT2D eigenvalue weighted by Gasteiger charge is -2.35. The number of nitrogens with zero attached hydrogens (tertiary/aromatic N) is 2. The van der Waals surface area contributed by atoms with Crippen molar-refractivity contribution >= 4 is 33.3 Å². The van der Waals surface area contributed by atoms with Crippen LogP contribution in [0.5, 0.6) is 0 Å². The first kappa shape index (κ1) is 19.1. The highest BCUT2D eigenvalue weighted by Gasteiger charge is 2.37. The smallest absolute Gasteiger partial charge is 0.342 e. The number of furan rings is 1. The second kappa shape index (κ2) is 7.16. The Morgan fingerprint density at radius 2 is 1.81 bits per heavy atom. The van der Waals surface area contributed by atoms with Crippen molar-refractivity contribution in [3.63, 3.8) is 0 Å². The zero-order valence-electron chi connectivity index (χ0n) is 15.1. The maximum atomic E-state index is 13.1. The molecule has 0 atom stereocenters. The molecule has 3 rings (SSSR count). The number of methoxy groups -OCH3 is 1. The summed E-state index contributed by atoms with van der Waals surface area (Å²) in [5.74, 6) is -0.288. The van der Waals surface area contributed by atoms with Crippen LogP contribution >= 0.6 is 12.2 Å². The molecule has 1 saturated heterocycles. The van der Waals surface area contributed by atoms with Gasteiger partial charge in [0.1, 0.15) is 22.0 Å². The molecule has 0 spiro atoms. The monoisotopic (exact) mass is 401 g/mol. The van der Waals surface area contributed by atoms with Gasteiger partial charge in [-0.1, -0.05) is 0 Å². The molecule has 1 saturated carbocycles. The van der Waals surface area contributed by atoms with Crippen LogP contribution in [-0.4, -0.2) is 68.0 Å². The molecule has 0 aromatic carbocycles. The maximum Gasteiger partial charge on any atom is 0.342 e. The minimum Gasteiger partial charge on any atom is -0.465 e. The fourth-order valence-corrected chi connectivity index (χ4v) is 5.21. The number of aryl methyl sites for hydroxylation is 2. The van der Waals surface area contributed by atoms with E-state index in [1.54, 1.807) is 6.92 Å². The summed E-state index contributed by atoms with van der Waals surface area (Å²) < 4.78 is 37.7. The van der Waals surface area contributed by atoms with Crippen molar-refractivity contribution in [2.45, 2.75) is 37.6 Å². The third kappa shape index (κ3) is 3.58. The van der Waals surface area contributed by atoms with Crippen LogP contribution in [0, 0.1) is 13.8 Å². The van der Waals surface area contributed by atoms with Crippen molar-refractivity contribution in [1.29, 1.82) is 0 Å². The van der Waals surface area contributed by atoms with E-state index in [4.69, 9.17) is 21.4 Å². The van der Waals surface area contributed by atoms with E-state index in [1.807, 2.05) is 4.90 Å². The third-order valence-corrected chi connectivity index (χ3v) is 7.05. The van der Waals surface area contributed by atoms with E-state index in [0.29, 0.717) is 37.3 Å². The molecule has 1 aromatic heterocycles. The molecule has 1 aliphatic carbocycles. The van der Waals surface area contributed by atoms with E-state index in [2.05, 4.69) is 5.32 Å². The van der Waals surface area contributed by atoms with Crippen LogP contribution in [-0.2, 0) is 14.8 Å². The summed E-state index contributed by atoms with van der Waals surface area (Å²) in [6, 6.07) is 0.462. The van der Waals surface area contributed by atoms with Gasteiger partial charge in [-0.25, -0.2) is 13.2 Å². The van der Waals surface area contributed by atoms with Crippen LogP contribution < -0.4 is 5.32 Å². The number of ether oxygens (including phenoxy) is 1. The summed E-state index contributed by atoms with van der Waals surface area (Å²) in [6.45, 7) is 4.68. The fraction of sp³-hybridized carbons (Fsp3) is 0.625. The van der Waals surface area contributed by atoms with E-state index in [9.17, 15) is 13.2 Å². The summed E-state index contributed by atoms with van der Waals surface area (Å²) in [5, 5.41) is 3.94. The number of rotatable bonds is 4. The molecular formula is C16H23N3O5S2. The lowest BCUT2D eigenvalue weighted by Crippen LogP contribution is -2.53.